The van der Waals surface area contributed by atoms with E-state index in [0.717, 1.165) is 11.9 Å². The van der Waals surface area contributed by atoms with E-state index in [1.165, 1.54) is 4.31 Å². The van der Waals surface area contributed by atoms with Crippen molar-refractivity contribution in [1.82, 2.24) is 24.6 Å². The number of amides is 1. The van der Waals surface area contributed by atoms with E-state index in [4.69, 9.17) is 4.74 Å². The monoisotopic (exact) mass is 423 g/mol. The molecule has 1 aliphatic heterocycles. The van der Waals surface area contributed by atoms with E-state index in [1.54, 1.807) is 30.0 Å². The minimum atomic E-state index is -3.70. The van der Waals surface area contributed by atoms with E-state index in [1.807, 2.05) is 13.8 Å². The highest BCUT2D eigenvalue weighted by Gasteiger charge is 2.33. The highest BCUT2D eigenvalue weighted by Crippen LogP contribution is 2.26. The fourth-order valence-electron chi connectivity index (χ4n) is 3.56. The number of hydrogen-bond donors (Lipinski definition) is 1. The summed E-state index contributed by atoms with van der Waals surface area (Å²) in [6.45, 7) is 5.69. The summed E-state index contributed by atoms with van der Waals surface area (Å²) in [5.74, 6) is -0.442. The molecular weight excluding hydrogens is 394 g/mol. The standard InChI is InChI=1S/C19H29N5O4S/c1-14(2)24-18-8-7-16(12-17(18)21-22-24)29(26,27)23-10-4-6-15(13-23)19(25)20-9-5-11-28-3/h7-8,12,14-15H,4-6,9-11,13H2,1-3H3,(H,20,25)/t15-/m1/s1. The van der Waals surface area contributed by atoms with Crippen molar-refractivity contribution in [3.05, 3.63) is 18.2 Å². The number of fused-ring (bicyclic) bond motifs is 1. The summed E-state index contributed by atoms with van der Waals surface area (Å²) in [4.78, 5) is 12.6. The molecule has 0 saturated carbocycles. The number of piperidine rings is 1. The van der Waals surface area contributed by atoms with E-state index in [-0.39, 0.29) is 29.3 Å². The highest BCUT2D eigenvalue weighted by molar-refractivity contribution is 7.89. The van der Waals surface area contributed by atoms with Crippen LogP contribution in [0.15, 0.2) is 23.1 Å². The summed E-state index contributed by atoms with van der Waals surface area (Å²) in [7, 11) is -2.09. The number of carbonyl (C=O) groups is 1. The third-order valence-electron chi connectivity index (χ3n) is 5.15. The Morgan fingerprint density at radius 1 is 1.38 bits per heavy atom. The minimum absolute atomic E-state index is 0.101. The second-order valence-electron chi connectivity index (χ2n) is 7.62. The van der Waals surface area contributed by atoms with Gasteiger partial charge in [0.25, 0.3) is 0 Å². The first kappa shape index (κ1) is 21.7. The van der Waals surface area contributed by atoms with Crippen molar-refractivity contribution in [2.45, 2.75) is 44.0 Å². The Kier molecular flexibility index (Phi) is 6.86. The number of ether oxygens (including phenoxy) is 1. The largest absolute Gasteiger partial charge is 0.385 e. The van der Waals surface area contributed by atoms with E-state index in [9.17, 15) is 13.2 Å². The molecule has 1 N–H and O–H groups in total. The molecular formula is C19H29N5O4S. The zero-order valence-electron chi connectivity index (χ0n) is 17.2. The lowest BCUT2D eigenvalue weighted by atomic mass is 9.99. The number of methoxy groups -OCH3 is 1. The number of benzene rings is 1. The Morgan fingerprint density at radius 3 is 2.90 bits per heavy atom. The Hall–Kier alpha value is -2.04. The Morgan fingerprint density at radius 2 is 2.17 bits per heavy atom. The van der Waals surface area contributed by atoms with Crippen molar-refractivity contribution in [2.24, 2.45) is 5.92 Å². The molecule has 0 spiro atoms. The number of rotatable bonds is 8. The van der Waals surface area contributed by atoms with Gasteiger partial charge in [-0.15, -0.1) is 5.10 Å². The van der Waals surface area contributed by atoms with Gasteiger partial charge in [0.05, 0.1) is 16.3 Å². The summed E-state index contributed by atoms with van der Waals surface area (Å²) in [5.41, 5.74) is 1.34. The lowest BCUT2D eigenvalue weighted by molar-refractivity contribution is -0.126. The first-order valence-electron chi connectivity index (χ1n) is 9.96. The maximum atomic E-state index is 13.2. The Balaban J connectivity index is 1.73. The van der Waals surface area contributed by atoms with Gasteiger partial charge < -0.3 is 10.1 Å². The fourth-order valence-corrected chi connectivity index (χ4v) is 5.10. The molecule has 0 unspecified atom stereocenters. The molecule has 1 aliphatic rings. The molecule has 1 aromatic carbocycles. The van der Waals surface area contributed by atoms with Gasteiger partial charge in [0.2, 0.25) is 15.9 Å². The molecule has 2 aromatic rings. The van der Waals surface area contributed by atoms with Gasteiger partial charge in [-0.05, 0) is 51.3 Å². The maximum absolute atomic E-state index is 13.2. The minimum Gasteiger partial charge on any atom is -0.385 e. The second-order valence-corrected chi connectivity index (χ2v) is 9.56. The third-order valence-corrected chi connectivity index (χ3v) is 7.01. The fraction of sp³-hybridized carbons (Fsp3) is 0.632. The normalized spacial score (nSPS) is 18.4. The molecule has 10 heteroatoms. The van der Waals surface area contributed by atoms with Gasteiger partial charge in [-0.1, -0.05) is 5.21 Å². The molecule has 0 radical (unpaired) electrons. The van der Waals surface area contributed by atoms with Crippen molar-refractivity contribution in [3.63, 3.8) is 0 Å². The number of sulfonamides is 1. The molecule has 2 heterocycles. The second kappa shape index (κ2) is 9.19. The van der Waals surface area contributed by atoms with Crippen LogP contribution in [-0.2, 0) is 19.6 Å². The van der Waals surface area contributed by atoms with Crippen LogP contribution in [0.25, 0.3) is 11.0 Å². The molecule has 1 saturated heterocycles. The quantitative estimate of drug-likeness (QED) is 0.646. The van der Waals surface area contributed by atoms with Crippen LogP contribution in [0.2, 0.25) is 0 Å². The average molecular weight is 424 g/mol. The van der Waals surface area contributed by atoms with Gasteiger partial charge in [-0.25, -0.2) is 13.1 Å². The van der Waals surface area contributed by atoms with Crippen LogP contribution in [0.1, 0.15) is 39.2 Å². The SMILES string of the molecule is COCCCNC(=O)[C@@H]1CCCN(S(=O)(=O)c2ccc3c(c2)nnn3C(C)C)C1. The van der Waals surface area contributed by atoms with Crippen LogP contribution in [-0.4, -0.2) is 67.0 Å². The van der Waals surface area contributed by atoms with Crippen LogP contribution in [0.3, 0.4) is 0 Å². The van der Waals surface area contributed by atoms with Crippen molar-refractivity contribution >= 4 is 27.0 Å². The molecule has 0 bridgehead atoms. The van der Waals surface area contributed by atoms with Gasteiger partial charge in [0, 0.05) is 39.4 Å². The van der Waals surface area contributed by atoms with Crippen LogP contribution >= 0.6 is 0 Å². The van der Waals surface area contributed by atoms with Crippen molar-refractivity contribution in [3.8, 4) is 0 Å². The number of aromatic nitrogens is 3. The van der Waals surface area contributed by atoms with E-state index in [0.29, 0.717) is 38.1 Å². The molecule has 3 rings (SSSR count). The Bertz CT molecular complexity index is 957. The molecule has 9 nitrogen and oxygen atoms in total. The molecule has 29 heavy (non-hydrogen) atoms. The summed E-state index contributed by atoms with van der Waals surface area (Å²) >= 11 is 0. The molecule has 160 valence electrons. The summed E-state index contributed by atoms with van der Waals surface area (Å²) in [5, 5.41) is 11.1. The van der Waals surface area contributed by atoms with Crippen LogP contribution in [0.4, 0.5) is 0 Å². The van der Waals surface area contributed by atoms with Gasteiger partial charge in [-0.2, -0.15) is 4.31 Å². The Labute approximate surface area is 171 Å². The van der Waals surface area contributed by atoms with E-state index in [2.05, 4.69) is 15.6 Å². The molecule has 1 fully saturated rings. The highest BCUT2D eigenvalue weighted by atomic mass is 32.2. The lowest BCUT2D eigenvalue weighted by Crippen LogP contribution is -2.45. The van der Waals surface area contributed by atoms with E-state index < -0.39 is 10.0 Å². The number of hydrogen-bond acceptors (Lipinski definition) is 6. The van der Waals surface area contributed by atoms with Crippen molar-refractivity contribution in [2.75, 3.05) is 33.4 Å². The van der Waals surface area contributed by atoms with E-state index >= 15 is 0 Å². The lowest BCUT2D eigenvalue weighted by Gasteiger charge is -2.31. The van der Waals surface area contributed by atoms with Gasteiger partial charge in [0.1, 0.15) is 5.52 Å². The van der Waals surface area contributed by atoms with Gasteiger partial charge in [-0.3, -0.25) is 4.79 Å². The predicted octanol–water partition coefficient (Wildman–Crippen LogP) is 1.57. The topological polar surface area (TPSA) is 106 Å². The van der Waals surface area contributed by atoms with Crippen molar-refractivity contribution < 1.29 is 17.9 Å². The molecule has 1 aromatic heterocycles. The van der Waals surface area contributed by atoms with Crippen molar-refractivity contribution in [1.29, 1.82) is 0 Å². The van der Waals surface area contributed by atoms with Crippen LogP contribution in [0, 0.1) is 5.92 Å². The predicted molar refractivity (Wildman–Crippen MR) is 109 cm³/mol. The average Bonchev–Trinajstić information content (AvgIpc) is 3.15. The zero-order chi connectivity index (χ0) is 21.0. The zero-order valence-corrected chi connectivity index (χ0v) is 18.0. The van der Waals surface area contributed by atoms with Crippen LogP contribution in [0.5, 0.6) is 0 Å². The third kappa shape index (κ3) is 4.76. The first-order valence-corrected chi connectivity index (χ1v) is 11.4. The molecule has 1 atom stereocenters. The number of nitrogens with zero attached hydrogens (tertiary/aromatic N) is 4. The summed E-state index contributed by atoms with van der Waals surface area (Å²) < 4.78 is 34.5. The van der Waals surface area contributed by atoms with Gasteiger partial charge >= 0.3 is 0 Å². The smallest absolute Gasteiger partial charge is 0.243 e. The summed E-state index contributed by atoms with van der Waals surface area (Å²) in [6.07, 6.45) is 2.07. The van der Waals surface area contributed by atoms with Crippen LogP contribution < -0.4 is 5.32 Å². The first-order chi connectivity index (χ1) is 13.8. The number of carbonyl (C=O) groups excluding carboxylic acids is 1. The number of nitrogens with one attached hydrogen (secondary N) is 1. The maximum Gasteiger partial charge on any atom is 0.243 e. The summed E-state index contributed by atoms with van der Waals surface area (Å²) in [6, 6.07) is 5.03. The van der Waals surface area contributed by atoms with Gasteiger partial charge in [0.15, 0.2) is 0 Å². The molecule has 1 amide bonds. The molecule has 0 aliphatic carbocycles.